The maximum atomic E-state index is 12.0. The van der Waals surface area contributed by atoms with E-state index < -0.39 is 0 Å². The van der Waals surface area contributed by atoms with Crippen LogP contribution in [0.4, 0.5) is 5.69 Å². The SMILES string of the molecule is CCc1cc(N2CCC(N3CCCC3=O)CC2)c2ccccc2n1. The van der Waals surface area contributed by atoms with E-state index in [1.165, 1.54) is 11.1 Å². The van der Waals surface area contributed by atoms with Crippen molar-refractivity contribution in [3.8, 4) is 0 Å². The lowest BCUT2D eigenvalue weighted by molar-refractivity contribution is -0.130. The van der Waals surface area contributed by atoms with Crippen LogP contribution >= 0.6 is 0 Å². The van der Waals surface area contributed by atoms with E-state index in [9.17, 15) is 4.79 Å². The number of amides is 1. The second-order valence-electron chi connectivity index (χ2n) is 6.91. The van der Waals surface area contributed by atoms with Crippen molar-refractivity contribution in [3.05, 3.63) is 36.0 Å². The third-order valence-corrected chi connectivity index (χ3v) is 5.47. The second-order valence-corrected chi connectivity index (χ2v) is 6.91. The smallest absolute Gasteiger partial charge is 0.222 e. The second kappa shape index (κ2) is 6.42. The number of anilines is 1. The Kier molecular flexibility index (Phi) is 4.13. The van der Waals surface area contributed by atoms with E-state index in [-0.39, 0.29) is 0 Å². The Hall–Kier alpha value is -2.10. The molecule has 0 saturated carbocycles. The molecule has 2 aliphatic heterocycles. The van der Waals surface area contributed by atoms with Crippen LogP contribution in [0.5, 0.6) is 0 Å². The summed E-state index contributed by atoms with van der Waals surface area (Å²) in [6.45, 7) is 5.16. The summed E-state index contributed by atoms with van der Waals surface area (Å²) in [7, 11) is 0. The first kappa shape index (κ1) is 15.4. The number of hydrogen-bond donors (Lipinski definition) is 0. The molecule has 2 saturated heterocycles. The number of fused-ring (bicyclic) bond motifs is 1. The number of piperidine rings is 1. The number of aryl methyl sites for hydroxylation is 1. The van der Waals surface area contributed by atoms with E-state index in [1.807, 2.05) is 0 Å². The van der Waals surface area contributed by atoms with E-state index in [2.05, 4.69) is 47.1 Å². The Morgan fingerprint density at radius 1 is 1.17 bits per heavy atom. The zero-order valence-corrected chi connectivity index (χ0v) is 14.4. The zero-order chi connectivity index (χ0) is 16.5. The molecule has 2 aliphatic rings. The highest BCUT2D eigenvalue weighted by Crippen LogP contribution is 2.31. The molecule has 2 aromatic rings. The van der Waals surface area contributed by atoms with Crippen LogP contribution in [-0.2, 0) is 11.2 Å². The van der Waals surface area contributed by atoms with Crippen molar-refractivity contribution < 1.29 is 4.79 Å². The molecule has 1 amide bonds. The van der Waals surface area contributed by atoms with Gasteiger partial charge in [-0.3, -0.25) is 9.78 Å². The number of benzene rings is 1. The van der Waals surface area contributed by atoms with Gasteiger partial charge in [0.2, 0.25) is 5.91 Å². The number of carbonyl (C=O) groups excluding carboxylic acids is 1. The van der Waals surface area contributed by atoms with Crippen molar-refractivity contribution in [1.82, 2.24) is 9.88 Å². The molecule has 4 nitrogen and oxygen atoms in total. The van der Waals surface area contributed by atoms with Gasteiger partial charge in [0.25, 0.3) is 0 Å². The predicted octanol–water partition coefficient (Wildman–Crippen LogP) is 3.39. The molecule has 0 N–H and O–H groups in total. The first-order chi connectivity index (χ1) is 11.8. The number of nitrogens with zero attached hydrogens (tertiary/aromatic N) is 3. The van der Waals surface area contributed by atoms with Gasteiger partial charge in [0, 0.05) is 48.9 Å². The molecule has 3 heterocycles. The highest BCUT2D eigenvalue weighted by molar-refractivity contribution is 5.92. The third kappa shape index (κ3) is 2.74. The molecule has 0 aliphatic carbocycles. The fourth-order valence-corrected chi connectivity index (χ4v) is 4.13. The average Bonchev–Trinajstić information content (AvgIpc) is 3.07. The van der Waals surface area contributed by atoms with Crippen LogP contribution in [0.1, 0.15) is 38.3 Å². The predicted molar refractivity (Wildman–Crippen MR) is 97.3 cm³/mol. The minimum absolute atomic E-state index is 0.357. The highest BCUT2D eigenvalue weighted by atomic mass is 16.2. The molecule has 1 aromatic heterocycles. The minimum Gasteiger partial charge on any atom is -0.371 e. The number of carbonyl (C=O) groups is 1. The fraction of sp³-hybridized carbons (Fsp3) is 0.500. The fourth-order valence-electron chi connectivity index (χ4n) is 4.13. The first-order valence-corrected chi connectivity index (χ1v) is 9.19. The van der Waals surface area contributed by atoms with Crippen LogP contribution in [0.25, 0.3) is 10.9 Å². The molecule has 0 radical (unpaired) electrons. The Labute approximate surface area is 143 Å². The van der Waals surface area contributed by atoms with Gasteiger partial charge in [-0.05, 0) is 37.8 Å². The van der Waals surface area contributed by atoms with Crippen molar-refractivity contribution in [1.29, 1.82) is 0 Å². The number of aromatic nitrogens is 1. The molecule has 4 heteroatoms. The molecule has 126 valence electrons. The Balaban J connectivity index is 1.57. The Morgan fingerprint density at radius 3 is 2.67 bits per heavy atom. The summed E-state index contributed by atoms with van der Waals surface area (Å²) in [5.74, 6) is 0.357. The normalized spacial score (nSPS) is 19.5. The molecular formula is C20H25N3O. The third-order valence-electron chi connectivity index (χ3n) is 5.47. The zero-order valence-electron chi connectivity index (χ0n) is 14.4. The molecule has 24 heavy (non-hydrogen) atoms. The molecule has 2 fully saturated rings. The lowest BCUT2D eigenvalue weighted by atomic mass is 10.0. The molecule has 0 atom stereocenters. The van der Waals surface area contributed by atoms with Crippen LogP contribution < -0.4 is 4.90 Å². The lowest BCUT2D eigenvalue weighted by Gasteiger charge is -2.38. The number of likely N-dealkylation sites (tertiary alicyclic amines) is 1. The molecule has 0 spiro atoms. The van der Waals surface area contributed by atoms with Crippen molar-refractivity contribution in [2.75, 3.05) is 24.5 Å². The van der Waals surface area contributed by atoms with Crippen LogP contribution in [0.15, 0.2) is 30.3 Å². The van der Waals surface area contributed by atoms with Crippen LogP contribution in [0.2, 0.25) is 0 Å². The van der Waals surface area contributed by atoms with Gasteiger partial charge in [0.1, 0.15) is 0 Å². The van der Waals surface area contributed by atoms with Crippen molar-refractivity contribution in [2.24, 2.45) is 0 Å². The summed E-state index contributed by atoms with van der Waals surface area (Å²) < 4.78 is 0. The van der Waals surface area contributed by atoms with Crippen molar-refractivity contribution >= 4 is 22.5 Å². The highest BCUT2D eigenvalue weighted by Gasteiger charge is 2.31. The summed E-state index contributed by atoms with van der Waals surface area (Å²) in [6.07, 6.45) is 4.88. The molecule has 0 unspecified atom stereocenters. The minimum atomic E-state index is 0.357. The van der Waals surface area contributed by atoms with Crippen molar-refractivity contribution in [2.45, 2.75) is 45.1 Å². The molecular weight excluding hydrogens is 298 g/mol. The molecule has 1 aromatic carbocycles. The average molecular weight is 323 g/mol. The first-order valence-electron chi connectivity index (χ1n) is 9.19. The van der Waals surface area contributed by atoms with E-state index in [1.54, 1.807) is 0 Å². The van der Waals surface area contributed by atoms with Gasteiger partial charge in [-0.15, -0.1) is 0 Å². The number of rotatable bonds is 3. The van der Waals surface area contributed by atoms with E-state index >= 15 is 0 Å². The standard InChI is InChI=1S/C20H25N3O/c1-2-15-14-19(17-6-3-4-7-18(17)21-15)22-12-9-16(10-13-22)23-11-5-8-20(23)24/h3-4,6-7,14,16H,2,5,8-13H2,1H3. The van der Waals surface area contributed by atoms with Gasteiger partial charge >= 0.3 is 0 Å². The number of pyridine rings is 1. The van der Waals surface area contributed by atoms with E-state index in [0.29, 0.717) is 11.9 Å². The van der Waals surface area contributed by atoms with Crippen molar-refractivity contribution in [3.63, 3.8) is 0 Å². The van der Waals surface area contributed by atoms with Gasteiger partial charge in [-0.25, -0.2) is 0 Å². The van der Waals surface area contributed by atoms with Gasteiger partial charge in [-0.1, -0.05) is 25.1 Å². The van der Waals surface area contributed by atoms with Gasteiger partial charge in [0.05, 0.1) is 5.52 Å². The van der Waals surface area contributed by atoms with E-state index in [4.69, 9.17) is 4.98 Å². The summed E-state index contributed by atoms with van der Waals surface area (Å²) in [5.41, 5.74) is 3.55. The van der Waals surface area contributed by atoms with Gasteiger partial charge < -0.3 is 9.80 Å². The monoisotopic (exact) mass is 323 g/mol. The summed E-state index contributed by atoms with van der Waals surface area (Å²) >= 11 is 0. The Morgan fingerprint density at radius 2 is 1.96 bits per heavy atom. The van der Waals surface area contributed by atoms with Crippen LogP contribution in [0.3, 0.4) is 0 Å². The largest absolute Gasteiger partial charge is 0.371 e. The maximum absolute atomic E-state index is 12.0. The summed E-state index contributed by atoms with van der Waals surface area (Å²) in [5, 5.41) is 1.24. The quantitative estimate of drug-likeness (QED) is 0.869. The maximum Gasteiger partial charge on any atom is 0.222 e. The molecule has 4 rings (SSSR count). The summed E-state index contributed by atoms with van der Waals surface area (Å²) in [4.78, 5) is 21.4. The number of para-hydroxylation sites is 1. The van der Waals surface area contributed by atoms with Gasteiger partial charge in [0.15, 0.2) is 0 Å². The van der Waals surface area contributed by atoms with E-state index in [0.717, 1.165) is 62.9 Å². The molecule has 0 bridgehead atoms. The lowest BCUT2D eigenvalue weighted by Crippen LogP contribution is -2.45. The Bertz CT molecular complexity index is 750. The van der Waals surface area contributed by atoms with Crippen LogP contribution in [-0.4, -0.2) is 41.5 Å². The van der Waals surface area contributed by atoms with Gasteiger partial charge in [-0.2, -0.15) is 0 Å². The summed E-state index contributed by atoms with van der Waals surface area (Å²) in [6, 6.07) is 11.1. The van der Waals surface area contributed by atoms with Crippen LogP contribution in [0, 0.1) is 0 Å². The topological polar surface area (TPSA) is 36.4 Å². The number of hydrogen-bond acceptors (Lipinski definition) is 3.